The molecule has 20 heavy (non-hydrogen) atoms. The summed E-state index contributed by atoms with van der Waals surface area (Å²) in [5.41, 5.74) is 1.13. The van der Waals surface area contributed by atoms with E-state index in [4.69, 9.17) is 0 Å². The first-order chi connectivity index (χ1) is 9.37. The lowest BCUT2D eigenvalue weighted by atomic mass is 9.65. The molecule has 0 N–H and O–H groups in total. The van der Waals surface area contributed by atoms with E-state index in [2.05, 4.69) is 37.5 Å². The molecule has 2 heteroatoms. The summed E-state index contributed by atoms with van der Waals surface area (Å²) >= 11 is 0. The maximum absolute atomic E-state index is 2.90. The molecule has 0 aromatic carbocycles. The fraction of sp³-hybridized carbons (Fsp3) is 1.00. The Hall–Kier alpha value is -0.0800. The van der Waals surface area contributed by atoms with E-state index in [9.17, 15) is 0 Å². The number of hydrogen-bond donors (Lipinski definition) is 0. The molecule has 3 heterocycles. The van der Waals surface area contributed by atoms with Crippen LogP contribution in [-0.4, -0.2) is 40.6 Å². The molecular weight excluding hydrogens is 244 g/mol. The molecule has 4 rings (SSSR count). The molecular formula is C18H32N2. The van der Waals surface area contributed by atoms with Gasteiger partial charge in [0, 0.05) is 24.7 Å². The van der Waals surface area contributed by atoms with E-state index in [0.717, 1.165) is 18.1 Å². The average molecular weight is 276 g/mol. The zero-order valence-corrected chi connectivity index (χ0v) is 13.9. The van der Waals surface area contributed by atoms with Gasteiger partial charge in [0.25, 0.3) is 0 Å². The number of hydrogen-bond acceptors (Lipinski definition) is 2. The van der Waals surface area contributed by atoms with Gasteiger partial charge in [-0.15, -0.1) is 0 Å². The lowest BCUT2D eigenvalue weighted by molar-refractivity contribution is 0.0252. The van der Waals surface area contributed by atoms with Gasteiger partial charge in [0.2, 0.25) is 0 Å². The third kappa shape index (κ3) is 1.98. The Balaban J connectivity index is 1.55. The van der Waals surface area contributed by atoms with Crippen LogP contribution in [0.25, 0.3) is 0 Å². The molecule has 4 fully saturated rings. The lowest BCUT2D eigenvalue weighted by Gasteiger charge is -2.42. The van der Waals surface area contributed by atoms with E-state index in [1.54, 1.807) is 0 Å². The average Bonchev–Trinajstić information content (AvgIpc) is 2.98. The fourth-order valence-corrected chi connectivity index (χ4v) is 6.67. The highest BCUT2D eigenvalue weighted by Gasteiger charge is 2.53. The van der Waals surface area contributed by atoms with Crippen LogP contribution in [0.4, 0.5) is 0 Å². The summed E-state index contributed by atoms with van der Waals surface area (Å²) in [5, 5.41) is 0. The van der Waals surface area contributed by atoms with Crippen LogP contribution in [0.15, 0.2) is 0 Å². The fourth-order valence-electron chi connectivity index (χ4n) is 6.67. The van der Waals surface area contributed by atoms with Crippen molar-refractivity contribution in [2.45, 2.75) is 96.9 Å². The Morgan fingerprint density at radius 3 is 2.10 bits per heavy atom. The van der Waals surface area contributed by atoms with Gasteiger partial charge >= 0.3 is 0 Å². The molecule has 1 saturated carbocycles. The Bertz CT molecular complexity index is 384. The van der Waals surface area contributed by atoms with E-state index >= 15 is 0 Å². The highest BCUT2D eigenvalue weighted by Crippen LogP contribution is 2.54. The first-order valence-corrected chi connectivity index (χ1v) is 8.90. The zero-order valence-electron chi connectivity index (χ0n) is 13.9. The topological polar surface area (TPSA) is 6.48 Å². The zero-order chi connectivity index (χ0) is 14.1. The SMILES string of the molecule is CC(N1CC2(C)CC1CC(C)(C)C2)N1C2CCC1CC2. The van der Waals surface area contributed by atoms with Crippen molar-refractivity contribution in [2.75, 3.05) is 6.54 Å². The quantitative estimate of drug-likeness (QED) is 0.755. The van der Waals surface area contributed by atoms with E-state index in [0.29, 0.717) is 17.0 Å². The third-order valence-electron chi connectivity index (χ3n) is 6.88. The predicted octanol–water partition coefficient (Wildman–Crippen LogP) is 3.86. The molecule has 1 aliphatic carbocycles. The van der Waals surface area contributed by atoms with Crippen LogP contribution in [-0.2, 0) is 0 Å². The number of fused-ring (bicyclic) bond motifs is 4. The van der Waals surface area contributed by atoms with E-state index in [-0.39, 0.29) is 0 Å². The van der Waals surface area contributed by atoms with Crippen LogP contribution in [0.1, 0.15) is 72.6 Å². The van der Waals surface area contributed by atoms with Crippen LogP contribution < -0.4 is 0 Å². The molecule has 0 amide bonds. The van der Waals surface area contributed by atoms with Gasteiger partial charge in [-0.25, -0.2) is 0 Å². The molecule has 0 aromatic heterocycles. The van der Waals surface area contributed by atoms with E-state index in [1.807, 2.05) is 0 Å². The smallest absolute Gasteiger partial charge is 0.0601 e. The van der Waals surface area contributed by atoms with Crippen molar-refractivity contribution in [3.05, 3.63) is 0 Å². The van der Waals surface area contributed by atoms with Gasteiger partial charge in [0.1, 0.15) is 0 Å². The van der Waals surface area contributed by atoms with Crippen molar-refractivity contribution >= 4 is 0 Å². The Morgan fingerprint density at radius 1 is 0.900 bits per heavy atom. The summed E-state index contributed by atoms with van der Waals surface area (Å²) in [7, 11) is 0. The molecule has 4 aliphatic rings. The van der Waals surface area contributed by atoms with E-state index < -0.39 is 0 Å². The second kappa shape index (κ2) is 4.23. The maximum Gasteiger partial charge on any atom is 0.0601 e. The molecule has 3 atom stereocenters. The van der Waals surface area contributed by atoms with Gasteiger partial charge in [0.15, 0.2) is 0 Å². The first kappa shape index (κ1) is 13.6. The van der Waals surface area contributed by atoms with Crippen molar-refractivity contribution in [3.8, 4) is 0 Å². The van der Waals surface area contributed by atoms with Crippen molar-refractivity contribution in [2.24, 2.45) is 10.8 Å². The highest BCUT2D eigenvalue weighted by atomic mass is 15.4. The monoisotopic (exact) mass is 276 g/mol. The minimum absolute atomic E-state index is 0.552. The summed E-state index contributed by atoms with van der Waals surface area (Å²) < 4.78 is 0. The molecule has 0 spiro atoms. The van der Waals surface area contributed by atoms with Crippen LogP contribution in [0, 0.1) is 10.8 Å². The second-order valence-corrected chi connectivity index (χ2v) is 9.43. The van der Waals surface area contributed by atoms with Gasteiger partial charge in [-0.2, -0.15) is 0 Å². The van der Waals surface area contributed by atoms with Gasteiger partial charge < -0.3 is 0 Å². The first-order valence-electron chi connectivity index (χ1n) is 8.90. The molecule has 2 nitrogen and oxygen atoms in total. The second-order valence-electron chi connectivity index (χ2n) is 9.43. The Labute approximate surface area is 124 Å². The highest BCUT2D eigenvalue weighted by molar-refractivity contribution is 5.05. The van der Waals surface area contributed by atoms with Gasteiger partial charge in [0.05, 0.1) is 6.17 Å². The van der Waals surface area contributed by atoms with Crippen LogP contribution >= 0.6 is 0 Å². The molecule has 3 aliphatic heterocycles. The number of likely N-dealkylation sites (tertiary alicyclic amines) is 1. The maximum atomic E-state index is 2.90. The minimum atomic E-state index is 0.552. The van der Waals surface area contributed by atoms with Gasteiger partial charge in [-0.05, 0) is 62.7 Å². The van der Waals surface area contributed by atoms with Crippen molar-refractivity contribution in [1.82, 2.24) is 9.80 Å². The summed E-state index contributed by atoms with van der Waals surface area (Å²) in [6, 6.07) is 2.67. The molecule has 4 bridgehead atoms. The van der Waals surface area contributed by atoms with Crippen LogP contribution in [0.5, 0.6) is 0 Å². The van der Waals surface area contributed by atoms with Crippen molar-refractivity contribution in [3.63, 3.8) is 0 Å². The number of rotatable bonds is 2. The molecule has 114 valence electrons. The standard InChI is InChI=1S/C18H32N2/c1-13(20-14-5-6-15(20)8-7-14)19-12-18(4)10-16(19)9-17(2,3)11-18/h13-16H,5-12H2,1-4H3. The Morgan fingerprint density at radius 2 is 1.50 bits per heavy atom. The predicted molar refractivity (Wildman–Crippen MR) is 83.6 cm³/mol. The molecule has 3 saturated heterocycles. The molecule has 0 radical (unpaired) electrons. The Kier molecular flexibility index (Phi) is 2.87. The van der Waals surface area contributed by atoms with Crippen molar-refractivity contribution in [1.29, 1.82) is 0 Å². The lowest BCUT2D eigenvalue weighted by Crippen LogP contribution is -2.50. The minimum Gasteiger partial charge on any atom is -0.285 e. The molecule has 3 unspecified atom stereocenters. The summed E-state index contributed by atoms with van der Waals surface area (Å²) in [5.74, 6) is 0. The third-order valence-corrected chi connectivity index (χ3v) is 6.88. The van der Waals surface area contributed by atoms with Gasteiger partial charge in [-0.3, -0.25) is 9.80 Å². The summed E-state index contributed by atoms with van der Waals surface area (Å²) in [6.07, 6.45) is 10.8. The number of nitrogens with zero attached hydrogens (tertiary/aromatic N) is 2. The summed E-state index contributed by atoms with van der Waals surface area (Å²) in [4.78, 5) is 5.79. The van der Waals surface area contributed by atoms with Crippen molar-refractivity contribution < 1.29 is 0 Å². The molecule has 0 aromatic rings. The van der Waals surface area contributed by atoms with Gasteiger partial charge in [-0.1, -0.05) is 20.8 Å². The van der Waals surface area contributed by atoms with Crippen LogP contribution in [0.3, 0.4) is 0 Å². The normalized spacial score (nSPS) is 48.9. The summed E-state index contributed by atoms with van der Waals surface area (Å²) in [6.45, 7) is 11.4. The van der Waals surface area contributed by atoms with Crippen LogP contribution in [0.2, 0.25) is 0 Å². The largest absolute Gasteiger partial charge is 0.285 e. The van der Waals surface area contributed by atoms with E-state index in [1.165, 1.54) is 51.5 Å².